The highest BCUT2D eigenvalue weighted by Gasteiger charge is 2.34. The fourth-order valence-corrected chi connectivity index (χ4v) is 5.40. The molecule has 2 aromatic heterocycles. The Morgan fingerprint density at radius 1 is 1.07 bits per heavy atom. The third-order valence-corrected chi connectivity index (χ3v) is 7.69. The first kappa shape index (κ1) is 31.9. The van der Waals surface area contributed by atoms with Crippen LogP contribution in [-0.2, 0) is 19.1 Å². The zero-order chi connectivity index (χ0) is 32.0. The van der Waals surface area contributed by atoms with Gasteiger partial charge in [0.15, 0.2) is 0 Å². The lowest BCUT2D eigenvalue weighted by atomic mass is 10.00. The van der Waals surface area contributed by atoms with Crippen molar-refractivity contribution in [2.45, 2.75) is 57.1 Å². The van der Waals surface area contributed by atoms with Gasteiger partial charge in [0, 0.05) is 43.2 Å². The largest absolute Gasteiger partial charge is 0.446 e. The normalized spacial score (nSPS) is 16.4. The van der Waals surface area contributed by atoms with Crippen molar-refractivity contribution in [1.29, 1.82) is 0 Å². The average molecular weight is 622 g/mol. The van der Waals surface area contributed by atoms with Gasteiger partial charge in [0.05, 0.1) is 23.4 Å². The molecule has 3 N–H and O–H groups in total. The van der Waals surface area contributed by atoms with Crippen molar-refractivity contribution in [2.75, 3.05) is 13.1 Å². The fourth-order valence-electron chi connectivity index (χ4n) is 5.40. The highest BCUT2D eigenvalue weighted by atomic mass is 19.4. The number of nitrogens with zero attached hydrogens (tertiary/aromatic N) is 3. The van der Waals surface area contributed by atoms with Crippen molar-refractivity contribution < 1.29 is 32.3 Å². The number of halogens is 3. The number of nitrogens with one attached hydrogen (secondary N) is 2. The molecule has 3 heterocycles. The Bertz CT molecular complexity index is 1610. The van der Waals surface area contributed by atoms with Gasteiger partial charge in [0.1, 0.15) is 12.3 Å². The lowest BCUT2D eigenvalue weighted by Gasteiger charge is -2.25. The second-order valence-corrected chi connectivity index (χ2v) is 11.1. The molecule has 2 amide bonds. The summed E-state index contributed by atoms with van der Waals surface area (Å²) in [6, 6.07) is 15.7. The molecule has 0 unspecified atom stereocenters. The minimum Gasteiger partial charge on any atom is -0.446 e. The van der Waals surface area contributed by atoms with E-state index in [1.807, 2.05) is 37.3 Å². The van der Waals surface area contributed by atoms with Crippen LogP contribution in [0.15, 0.2) is 83.7 Å². The van der Waals surface area contributed by atoms with Crippen molar-refractivity contribution in [2.24, 2.45) is 0 Å². The second-order valence-electron chi connectivity index (χ2n) is 11.1. The van der Waals surface area contributed by atoms with Crippen LogP contribution in [0.5, 0.6) is 0 Å². The minimum atomic E-state index is -4.51. The van der Waals surface area contributed by atoms with E-state index in [9.17, 15) is 27.9 Å². The lowest BCUT2D eigenvalue weighted by molar-refractivity contribution is -0.137. The summed E-state index contributed by atoms with van der Waals surface area (Å²) in [6.07, 6.45) is -0.147. The van der Waals surface area contributed by atoms with Crippen LogP contribution in [0.3, 0.4) is 0 Å². The second kappa shape index (κ2) is 14.0. The first-order valence-electron chi connectivity index (χ1n) is 14.7. The molecule has 0 spiro atoms. The number of carbonyl (C=O) groups is 2. The minimum absolute atomic E-state index is 0.0107. The standard InChI is InChI=1S/C33H34F3N5O4/c1-21-20-45-31(39-21)28-11-6-12-41(28)32(44)25-10-5-9-24(15-25)30(43)40-27(14-22-7-3-2-4-8-22)29(42)19-38-17-23-13-26(18-37-16-23)33(34,35)36/h2-5,7-10,13,15-16,18,20,27-29,38,42H,6,11-12,14,17,19H2,1H3,(H,40,43)/t27-,28+,29+/m0/s1. The summed E-state index contributed by atoms with van der Waals surface area (Å²) in [5, 5.41) is 17.0. The van der Waals surface area contributed by atoms with Crippen molar-refractivity contribution in [3.05, 3.63) is 119 Å². The van der Waals surface area contributed by atoms with Crippen molar-refractivity contribution >= 4 is 11.8 Å². The van der Waals surface area contributed by atoms with Gasteiger partial charge in [-0.3, -0.25) is 14.6 Å². The van der Waals surface area contributed by atoms with E-state index in [2.05, 4.69) is 20.6 Å². The summed E-state index contributed by atoms with van der Waals surface area (Å²) in [5.41, 5.74) is 1.64. The number of rotatable bonds is 11. The Kier molecular flexibility index (Phi) is 9.94. The SMILES string of the molecule is Cc1coc([C@H]2CCCN2C(=O)c2cccc(C(=O)N[C@@H](Cc3ccccc3)[C@H](O)CNCc3cncc(C(F)(F)F)c3)c2)n1. The molecule has 0 bridgehead atoms. The molecular weight excluding hydrogens is 587 g/mol. The van der Waals surface area contributed by atoms with Crippen LogP contribution in [-0.4, -0.2) is 57.0 Å². The average Bonchev–Trinajstić information content (AvgIpc) is 3.70. The lowest BCUT2D eigenvalue weighted by Crippen LogP contribution is -2.48. The quantitative estimate of drug-likeness (QED) is 0.219. The maximum absolute atomic E-state index is 13.5. The number of alkyl halides is 3. The van der Waals surface area contributed by atoms with E-state index in [1.165, 1.54) is 12.3 Å². The molecule has 5 rings (SSSR count). The Hall–Kier alpha value is -4.55. The molecule has 2 aromatic carbocycles. The van der Waals surface area contributed by atoms with Gasteiger partial charge in [-0.2, -0.15) is 13.2 Å². The van der Waals surface area contributed by atoms with Gasteiger partial charge in [-0.1, -0.05) is 36.4 Å². The van der Waals surface area contributed by atoms with Crippen LogP contribution in [0, 0.1) is 6.92 Å². The third kappa shape index (κ3) is 8.14. The van der Waals surface area contributed by atoms with Crippen LogP contribution in [0.1, 0.15) is 67.9 Å². The zero-order valence-electron chi connectivity index (χ0n) is 24.6. The molecule has 45 heavy (non-hydrogen) atoms. The van der Waals surface area contributed by atoms with Gasteiger partial charge in [-0.25, -0.2) is 4.98 Å². The smallest absolute Gasteiger partial charge is 0.417 e. The van der Waals surface area contributed by atoms with Gasteiger partial charge in [0.25, 0.3) is 11.8 Å². The molecule has 0 aliphatic carbocycles. The summed E-state index contributed by atoms with van der Waals surface area (Å²) in [5.74, 6) is -0.229. The molecule has 1 saturated heterocycles. The van der Waals surface area contributed by atoms with Gasteiger partial charge in [-0.15, -0.1) is 0 Å². The number of benzene rings is 2. The zero-order valence-corrected chi connectivity index (χ0v) is 24.6. The summed E-state index contributed by atoms with van der Waals surface area (Å²) < 4.78 is 44.7. The van der Waals surface area contributed by atoms with Crippen LogP contribution in [0.4, 0.5) is 13.2 Å². The van der Waals surface area contributed by atoms with E-state index in [0.29, 0.717) is 30.0 Å². The van der Waals surface area contributed by atoms with Crippen molar-refractivity contribution in [1.82, 2.24) is 25.5 Å². The molecular formula is C33H34F3N5O4. The molecule has 1 aliphatic rings. The van der Waals surface area contributed by atoms with Crippen LogP contribution in [0.25, 0.3) is 0 Å². The maximum atomic E-state index is 13.5. The predicted molar refractivity (Wildman–Crippen MR) is 159 cm³/mol. The van der Waals surface area contributed by atoms with Crippen molar-refractivity contribution in [3.8, 4) is 0 Å². The molecule has 3 atom stereocenters. The van der Waals surface area contributed by atoms with Crippen LogP contribution < -0.4 is 10.6 Å². The number of aliphatic hydroxyl groups excluding tert-OH is 1. The van der Waals surface area contributed by atoms with Gasteiger partial charge >= 0.3 is 6.18 Å². The Morgan fingerprint density at radius 3 is 2.58 bits per heavy atom. The first-order chi connectivity index (χ1) is 21.6. The number of likely N-dealkylation sites (tertiary alicyclic amines) is 1. The van der Waals surface area contributed by atoms with Gasteiger partial charge < -0.3 is 25.1 Å². The Balaban J connectivity index is 1.26. The molecule has 236 valence electrons. The predicted octanol–water partition coefficient (Wildman–Crippen LogP) is 4.87. The highest BCUT2D eigenvalue weighted by molar-refractivity contribution is 6.00. The van der Waals surface area contributed by atoms with E-state index in [1.54, 1.807) is 29.4 Å². The number of carbonyl (C=O) groups excluding carboxylic acids is 2. The third-order valence-electron chi connectivity index (χ3n) is 7.69. The number of amides is 2. The van der Waals surface area contributed by atoms with E-state index in [0.717, 1.165) is 36.4 Å². The van der Waals surface area contributed by atoms with Crippen LogP contribution in [0.2, 0.25) is 0 Å². The highest BCUT2D eigenvalue weighted by Crippen LogP contribution is 2.33. The topological polar surface area (TPSA) is 121 Å². The molecule has 1 fully saturated rings. The number of pyridine rings is 1. The van der Waals surface area contributed by atoms with E-state index >= 15 is 0 Å². The molecule has 1 aliphatic heterocycles. The number of hydrogen-bond donors (Lipinski definition) is 3. The summed E-state index contributed by atoms with van der Waals surface area (Å²) in [4.78, 5) is 36.7. The van der Waals surface area contributed by atoms with Gasteiger partial charge in [0.2, 0.25) is 5.89 Å². The Morgan fingerprint density at radius 2 is 1.84 bits per heavy atom. The number of aryl methyl sites for hydroxylation is 1. The molecule has 4 aromatic rings. The molecule has 9 nitrogen and oxygen atoms in total. The first-order valence-corrected chi connectivity index (χ1v) is 14.7. The summed E-state index contributed by atoms with van der Waals surface area (Å²) >= 11 is 0. The molecule has 0 radical (unpaired) electrons. The summed E-state index contributed by atoms with van der Waals surface area (Å²) in [7, 11) is 0. The molecule has 12 heteroatoms. The maximum Gasteiger partial charge on any atom is 0.417 e. The number of oxazole rings is 1. The summed E-state index contributed by atoms with van der Waals surface area (Å²) in [6.45, 7) is 2.39. The monoisotopic (exact) mass is 621 g/mol. The number of hydrogen-bond acceptors (Lipinski definition) is 7. The van der Waals surface area contributed by atoms with E-state index in [4.69, 9.17) is 4.42 Å². The van der Waals surface area contributed by atoms with E-state index < -0.39 is 29.8 Å². The van der Waals surface area contributed by atoms with Crippen LogP contribution >= 0.6 is 0 Å². The fraction of sp³-hybridized carbons (Fsp3) is 0.333. The van der Waals surface area contributed by atoms with E-state index in [-0.39, 0.29) is 30.6 Å². The number of aromatic nitrogens is 2. The Labute approximate surface area is 258 Å². The van der Waals surface area contributed by atoms with Crippen molar-refractivity contribution in [3.63, 3.8) is 0 Å². The van der Waals surface area contributed by atoms with Gasteiger partial charge in [-0.05, 0) is 61.6 Å². The molecule has 0 saturated carbocycles. The number of aliphatic hydroxyl groups is 1.